The van der Waals surface area contributed by atoms with Crippen molar-refractivity contribution in [1.29, 1.82) is 0 Å². The van der Waals surface area contributed by atoms with Crippen LogP contribution in [0.15, 0.2) is 27.6 Å². The second-order valence-electron chi connectivity index (χ2n) is 4.85. The Hall–Kier alpha value is -0.270. The number of amides is 1. The van der Waals surface area contributed by atoms with Crippen LogP contribution in [0.2, 0.25) is 0 Å². The van der Waals surface area contributed by atoms with Crippen LogP contribution in [-0.2, 0) is 9.53 Å². The third-order valence-electron chi connectivity index (χ3n) is 3.46. The number of carbonyl (C=O) groups excluding carboxylic acids is 1. The summed E-state index contributed by atoms with van der Waals surface area (Å²) in [6.45, 7) is 0.246. The van der Waals surface area contributed by atoms with Gasteiger partial charge in [-0.3, -0.25) is 4.79 Å². The fraction of sp³-hybridized carbons (Fsp3) is 0.500. The Balaban J connectivity index is 0.00000220. The van der Waals surface area contributed by atoms with Crippen molar-refractivity contribution in [2.75, 3.05) is 26.5 Å². The summed E-state index contributed by atoms with van der Waals surface area (Å²) in [4.78, 5) is 15.3. The van der Waals surface area contributed by atoms with Crippen molar-refractivity contribution in [1.82, 2.24) is 4.90 Å². The zero-order valence-electron chi connectivity index (χ0n) is 12.0. The van der Waals surface area contributed by atoms with Gasteiger partial charge in [0.2, 0.25) is 5.91 Å². The van der Waals surface area contributed by atoms with Crippen LogP contribution in [0.1, 0.15) is 18.0 Å². The van der Waals surface area contributed by atoms with Crippen LogP contribution in [0.5, 0.6) is 0 Å². The summed E-state index contributed by atoms with van der Waals surface area (Å²) in [5.41, 5.74) is 7.05. The first-order valence-electron chi connectivity index (χ1n) is 6.48. The number of ether oxygens (including phenoxy) is 1. The lowest BCUT2D eigenvalue weighted by atomic mass is 10.0. The molecule has 0 aliphatic carbocycles. The minimum absolute atomic E-state index is 0. The number of carbonyl (C=O) groups is 1. The highest BCUT2D eigenvalue weighted by atomic mass is 79.9. The van der Waals surface area contributed by atoms with Crippen LogP contribution in [0.3, 0.4) is 0 Å². The van der Waals surface area contributed by atoms with Gasteiger partial charge < -0.3 is 15.4 Å². The van der Waals surface area contributed by atoms with E-state index in [1.54, 1.807) is 12.0 Å². The van der Waals surface area contributed by atoms with Crippen molar-refractivity contribution < 1.29 is 9.53 Å². The number of nitrogens with two attached hydrogens (primary N) is 1. The van der Waals surface area contributed by atoms with Crippen molar-refractivity contribution in [3.8, 4) is 0 Å². The molecule has 1 heterocycles. The van der Waals surface area contributed by atoms with Crippen molar-refractivity contribution in [3.05, 3.63) is 28.2 Å². The average molecular weight is 396 g/mol. The maximum Gasteiger partial charge on any atom is 0.242 e. The fourth-order valence-electron chi connectivity index (χ4n) is 2.42. The lowest BCUT2D eigenvalue weighted by Crippen LogP contribution is -2.46. The molecule has 0 saturated heterocycles. The molecule has 2 atom stereocenters. The normalized spacial score (nSPS) is 18.4. The fourth-order valence-corrected chi connectivity index (χ4v) is 3.88. The molecule has 2 rings (SSSR count). The number of hydrogen-bond donors (Lipinski definition) is 1. The third kappa shape index (κ3) is 4.36. The van der Waals surface area contributed by atoms with Gasteiger partial charge in [0.25, 0.3) is 0 Å². The molecule has 1 aromatic carbocycles. The molecule has 118 valence electrons. The molecule has 0 saturated carbocycles. The van der Waals surface area contributed by atoms with Crippen LogP contribution >= 0.6 is 40.1 Å². The number of benzene rings is 1. The van der Waals surface area contributed by atoms with Gasteiger partial charge in [0.15, 0.2) is 0 Å². The smallest absolute Gasteiger partial charge is 0.242 e. The standard InChI is InChI=1S/C14H19BrN2O2S.ClH/c1-17(14(18)11(16)8-19-2)12-5-6-20-13-4-3-9(15)7-10(12)13;/h3-4,7,11-12H,5-6,8,16H2,1-2H3;1H. The summed E-state index contributed by atoms with van der Waals surface area (Å²) in [6.07, 6.45) is 0.941. The third-order valence-corrected chi connectivity index (χ3v) is 5.07. The second kappa shape index (κ2) is 8.39. The van der Waals surface area contributed by atoms with Gasteiger partial charge in [-0.15, -0.1) is 24.2 Å². The number of rotatable bonds is 4. The van der Waals surface area contributed by atoms with Gasteiger partial charge in [-0.05, 0) is 30.2 Å². The summed E-state index contributed by atoms with van der Waals surface area (Å²) < 4.78 is 6.00. The topological polar surface area (TPSA) is 55.6 Å². The van der Waals surface area contributed by atoms with Crippen LogP contribution in [0.4, 0.5) is 0 Å². The van der Waals surface area contributed by atoms with Crippen LogP contribution in [0.25, 0.3) is 0 Å². The lowest BCUT2D eigenvalue weighted by molar-refractivity contribution is -0.134. The zero-order chi connectivity index (χ0) is 14.7. The van der Waals surface area contributed by atoms with E-state index in [4.69, 9.17) is 10.5 Å². The molecule has 0 fully saturated rings. The van der Waals surface area contributed by atoms with Gasteiger partial charge in [-0.1, -0.05) is 15.9 Å². The summed E-state index contributed by atoms with van der Waals surface area (Å²) >= 11 is 5.33. The zero-order valence-corrected chi connectivity index (χ0v) is 15.3. The first-order valence-corrected chi connectivity index (χ1v) is 8.26. The molecular weight excluding hydrogens is 376 g/mol. The molecule has 0 radical (unpaired) electrons. The van der Waals surface area contributed by atoms with Crippen LogP contribution < -0.4 is 5.73 Å². The molecule has 1 aliphatic heterocycles. The van der Waals surface area contributed by atoms with E-state index in [1.807, 2.05) is 24.9 Å². The van der Waals surface area contributed by atoms with Crippen LogP contribution in [-0.4, -0.2) is 43.4 Å². The number of fused-ring (bicyclic) bond motifs is 1. The highest BCUT2D eigenvalue weighted by molar-refractivity contribution is 9.10. The van der Waals surface area contributed by atoms with Gasteiger partial charge in [0.05, 0.1) is 12.6 Å². The van der Waals surface area contributed by atoms with Crippen molar-refractivity contribution in [2.45, 2.75) is 23.4 Å². The molecule has 0 spiro atoms. The minimum atomic E-state index is -0.602. The molecule has 7 heteroatoms. The molecular formula is C14H20BrClN2O2S. The molecule has 2 unspecified atom stereocenters. The number of likely N-dealkylation sites (N-methyl/N-ethyl adjacent to an activating group) is 1. The Kier molecular flexibility index (Phi) is 7.50. The molecule has 2 N–H and O–H groups in total. The number of nitrogens with zero attached hydrogens (tertiary/aromatic N) is 1. The Labute approximate surface area is 144 Å². The van der Waals surface area contributed by atoms with Crippen LogP contribution in [0, 0.1) is 0 Å². The monoisotopic (exact) mass is 394 g/mol. The van der Waals surface area contributed by atoms with Gasteiger partial charge >= 0.3 is 0 Å². The average Bonchev–Trinajstić information content (AvgIpc) is 2.45. The summed E-state index contributed by atoms with van der Waals surface area (Å²) in [5.74, 6) is 0.936. The molecule has 4 nitrogen and oxygen atoms in total. The molecule has 21 heavy (non-hydrogen) atoms. The maximum absolute atomic E-state index is 12.3. The Bertz CT molecular complexity index is 504. The predicted octanol–water partition coefficient (Wildman–Crippen LogP) is 2.84. The Morgan fingerprint density at radius 2 is 2.33 bits per heavy atom. The molecule has 0 aromatic heterocycles. The highest BCUT2D eigenvalue weighted by Gasteiger charge is 2.29. The van der Waals surface area contributed by atoms with Gasteiger partial charge in [-0.25, -0.2) is 0 Å². The van der Waals surface area contributed by atoms with E-state index < -0.39 is 6.04 Å². The maximum atomic E-state index is 12.3. The van der Waals surface area contributed by atoms with Gasteiger partial charge in [0, 0.05) is 29.3 Å². The SMILES string of the molecule is COCC(N)C(=O)N(C)C1CCSc2ccc(Br)cc21.Cl. The van der Waals surface area contributed by atoms with E-state index in [1.165, 1.54) is 10.5 Å². The predicted molar refractivity (Wildman–Crippen MR) is 92.1 cm³/mol. The number of halogens is 2. The van der Waals surface area contributed by atoms with Crippen molar-refractivity contribution >= 4 is 46.0 Å². The van der Waals surface area contributed by atoms with Gasteiger partial charge in [-0.2, -0.15) is 0 Å². The number of methoxy groups -OCH3 is 1. The largest absolute Gasteiger partial charge is 0.383 e. The summed E-state index contributed by atoms with van der Waals surface area (Å²) in [6, 6.07) is 5.71. The first kappa shape index (κ1) is 18.8. The Morgan fingerprint density at radius 1 is 1.62 bits per heavy atom. The van der Waals surface area contributed by atoms with E-state index in [9.17, 15) is 4.79 Å². The molecule has 0 bridgehead atoms. The van der Waals surface area contributed by atoms with Crippen molar-refractivity contribution in [3.63, 3.8) is 0 Å². The van der Waals surface area contributed by atoms with Gasteiger partial charge in [0.1, 0.15) is 6.04 Å². The minimum Gasteiger partial charge on any atom is -0.383 e. The Morgan fingerprint density at radius 3 is 3.00 bits per heavy atom. The number of hydrogen-bond acceptors (Lipinski definition) is 4. The summed E-state index contributed by atoms with van der Waals surface area (Å²) in [5, 5.41) is 0. The molecule has 1 aliphatic rings. The first-order chi connectivity index (χ1) is 9.54. The van der Waals surface area contributed by atoms with E-state index in [-0.39, 0.29) is 31.0 Å². The van der Waals surface area contributed by atoms with E-state index in [0.717, 1.165) is 16.6 Å². The second-order valence-corrected chi connectivity index (χ2v) is 6.90. The summed E-state index contributed by atoms with van der Waals surface area (Å²) in [7, 11) is 3.37. The van der Waals surface area contributed by atoms with E-state index in [2.05, 4.69) is 28.1 Å². The van der Waals surface area contributed by atoms with E-state index >= 15 is 0 Å². The van der Waals surface area contributed by atoms with E-state index in [0.29, 0.717) is 0 Å². The quantitative estimate of drug-likeness (QED) is 0.852. The number of thioether (sulfide) groups is 1. The molecule has 1 amide bonds. The van der Waals surface area contributed by atoms with Crippen molar-refractivity contribution in [2.24, 2.45) is 5.73 Å². The molecule has 1 aromatic rings. The lowest BCUT2D eigenvalue weighted by Gasteiger charge is -2.34. The highest BCUT2D eigenvalue weighted by Crippen LogP contribution is 2.40.